The van der Waals surface area contributed by atoms with Gasteiger partial charge in [0.05, 0.1) is 31.7 Å². The molecule has 1 aliphatic carbocycles. The number of amides is 3. The van der Waals surface area contributed by atoms with E-state index in [4.69, 9.17) is 0 Å². The smallest absolute Gasteiger partial charge is 0.423 e. The zero-order valence-electron chi connectivity index (χ0n) is 22.2. The summed E-state index contributed by atoms with van der Waals surface area (Å²) in [5.74, 6) is -3.62. The van der Waals surface area contributed by atoms with Crippen LogP contribution in [0.15, 0.2) is 65.7 Å². The van der Waals surface area contributed by atoms with E-state index in [1.165, 1.54) is 0 Å². The van der Waals surface area contributed by atoms with E-state index in [1.54, 1.807) is 18.2 Å². The minimum atomic E-state index is -1.03. The molecule has 2 aliphatic rings. The Morgan fingerprint density at radius 3 is 2.51 bits per heavy atom. The van der Waals surface area contributed by atoms with Gasteiger partial charge in [-0.25, -0.2) is 4.79 Å². The Balaban J connectivity index is 1.65. The molecule has 0 bridgehead atoms. The van der Waals surface area contributed by atoms with Gasteiger partial charge in [-0.05, 0) is 60.1 Å². The molecule has 39 heavy (non-hydrogen) atoms. The molecule has 0 unspecified atom stereocenters. The highest BCUT2D eigenvalue weighted by molar-refractivity contribution is 6.16. The fraction of sp³-hybridized carbons (Fsp3) is 0.387. The SMILES string of the molecule is CCCC1=C([C@H](O)CC/C(=C/c2cccc(O)c2)c2ccccc2)[C@H](CO)[C@@H]2C(=O)N(C(=O)OC)C(=O)[C@@H]2C1. The summed E-state index contributed by atoms with van der Waals surface area (Å²) >= 11 is 0. The summed E-state index contributed by atoms with van der Waals surface area (Å²) in [5, 5.41) is 31.9. The van der Waals surface area contributed by atoms with Crippen LogP contribution < -0.4 is 0 Å². The number of ether oxygens (including phenoxy) is 1. The number of likely N-dealkylation sites (tertiary alicyclic amines) is 1. The minimum absolute atomic E-state index is 0.157. The number of carbonyl (C=O) groups is 3. The first-order valence-electron chi connectivity index (χ1n) is 13.3. The summed E-state index contributed by atoms with van der Waals surface area (Å²) in [5.41, 5.74) is 4.20. The topological polar surface area (TPSA) is 124 Å². The van der Waals surface area contributed by atoms with Gasteiger partial charge >= 0.3 is 6.09 Å². The van der Waals surface area contributed by atoms with Gasteiger partial charge in [-0.1, -0.05) is 67.5 Å². The first-order chi connectivity index (χ1) is 18.8. The predicted molar refractivity (Wildman–Crippen MR) is 146 cm³/mol. The molecule has 8 heteroatoms. The lowest BCUT2D eigenvalue weighted by Gasteiger charge is -2.36. The Labute approximate surface area is 228 Å². The van der Waals surface area contributed by atoms with Crippen LogP contribution in [-0.2, 0) is 14.3 Å². The van der Waals surface area contributed by atoms with Crippen molar-refractivity contribution in [1.29, 1.82) is 0 Å². The fourth-order valence-corrected chi connectivity index (χ4v) is 5.98. The molecule has 4 atom stereocenters. The number of aliphatic hydroxyl groups is 2. The molecule has 3 amide bonds. The lowest BCUT2D eigenvalue weighted by Crippen LogP contribution is -2.40. The van der Waals surface area contributed by atoms with Crippen molar-refractivity contribution < 1.29 is 34.4 Å². The highest BCUT2D eigenvalue weighted by Crippen LogP contribution is 2.47. The van der Waals surface area contributed by atoms with Crippen LogP contribution in [0, 0.1) is 17.8 Å². The van der Waals surface area contributed by atoms with E-state index in [-0.39, 0.29) is 12.2 Å². The zero-order valence-corrected chi connectivity index (χ0v) is 22.2. The van der Waals surface area contributed by atoms with Crippen LogP contribution in [0.1, 0.15) is 50.2 Å². The summed E-state index contributed by atoms with van der Waals surface area (Å²) in [6.07, 6.45) is 2.40. The molecular formula is C31H35NO7. The zero-order chi connectivity index (χ0) is 28.1. The van der Waals surface area contributed by atoms with Gasteiger partial charge in [0, 0.05) is 5.92 Å². The summed E-state index contributed by atoms with van der Waals surface area (Å²) in [6, 6.07) is 16.7. The molecule has 0 saturated carbocycles. The van der Waals surface area contributed by atoms with E-state index in [1.807, 2.05) is 49.4 Å². The van der Waals surface area contributed by atoms with Gasteiger partial charge in [0.15, 0.2) is 0 Å². The number of nitrogens with zero attached hydrogens (tertiary/aromatic N) is 1. The van der Waals surface area contributed by atoms with E-state index < -0.39 is 48.4 Å². The average molecular weight is 534 g/mol. The molecule has 1 aliphatic heterocycles. The van der Waals surface area contributed by atoms with Crippen molar-refractivity contribution in [3.05, 3.63) is 76.9 Å². The van der Waals surface area contributed by atoms with Crippen LogP contribution in [-0.4, -0.2) is 57.9 Å². The molecule has 0 spiro atoms. The van der Waals surface area contributed by atoms with Crippen LogP contribution >= 0.6 is 0 Å². The Kier molecular flexibility index (Phi) is 8.99. The van der Waals surface area contributed by atoms with Crippen molar-refractivity contribution in [3.8, 4) is 5.75 Å². The highest BCUT2D eigenvalue weighted by Gasteiger charge is 2.57. The molecule has 206 valence electrons. The summed E-state index contributed by atoms with van der Waals surface area (Å²) in [6.45, 7) is 1.56. The van der Waals surface area contributed by atoms with E-state index in [9.17, 15) is 29.7 Å². The number of imide groups is 3. The van der Waals surface area contributed by atoms with Gasteiger partial charge in [0.25, 0.3) is 0 Å². The van der Waals surface area contributed by atoms with Crippen LogP contribution in [0.3, 0.4) is 0 Å². The number of benzene rings is 2. The summed E-state index contributed by atoms with van der Waals surface area (Å²) < 4.78 is 4.66. The quantitative estimate of drug-likeness (QED) is 0.245. The van der Waals surface area contributed by atoms with E-state index in [0.29, 0.717) is 29.7 Å². The van der Waals surface area contributed by atoms with Crippen LogP contribution in [0.5, 0.6) is 5.75 Å². The molecule has 1 heterocycles. The number of allylic oxidation sites excluding steroid dienone is 2. The molecule has 2 aromatic carbocycles. The van der Waals surface area contributed by atoms with Crippen molar-refractivity contribution in [1.82, 2.24) is 4.90 Å². The number of methoxy groups -OCH3 is 1. The third-order valence-electron chi connectivity index (χ3n) is 7.69. The normalized spacial score (nSPS) is 22.2. The summed E-state index contributed by atoms with van der Waals surface area (Å²) in [4.78, 5) is 39.0. The number of rotatable bonds is 9. The Morgan fingerprint density at radius 2 is 1.87 bits per heavy atom. The molecule has 3 N–H and O–H groups in total. The Bertz CT molecular complexity index is 1280. The Morgan fingerprint density at radius 1 is 1.13 bits per heavy atom. The van der Waals surface area contributed by atoms with E-state index in [2.05, 4.69) is 4.74 Å². The van der Waals surface area contributed by atoms with Crippen molar-refractivity contribution in [2.24, 2.45) is 17.8 Å². The van der Waals surface area contributed by atoms with Crippen molar-refractivity contribution >= 4 is 29.6 Å². The van der Waals surface area contributed by atoms with Crippen LogP contribution in [0.4, 0.5) is 4.79 Å². The number of hydrogen-bond donors (Lipinski definition) is 3. The maximum absolute atomic E-state index is 13.2. The lowest BCUT2D eigenvalue weighted by molar-refractivity contribution is -0.137. The third-order valence-corrected chi connectivity index (χ3v) is 7.69. The van der Waals surface area contributed by atoms with Gasteiger partial charge in [-0.3, -0.25) is 9.59 Å². The molecule has 0 radical (unpaired) electrons. The van der Waals surface area contributed by atoms with Gasteiger partial charge < -0.3 is 20.1 Å². The number of phenols is 1. The van der Waals surface area contributed by atoms with Crippen LogP contribution in [0.25, 0.3) is 11.6 Å². The largest absolute Gasteiger partial charge is 0.508 e. The number of phenolic OH excluding ortho intramolecular Hbond substituents is 1. The fourth-order valence-electron chi connectivity index (χ4n) is 5.98. The molecule has 1 fully saturated rings. The second-order valence-corrected chi connectivity index (χ2v) is 10.1. The van der Waals surface area contributed by atoms with E-state index in [0.717, 1.165) is 35.8 Å². The standard InChI is InChI=1S/C31H35NO7/c1-3-8-22-17-24-28(30(37)32(29(24)36)31(38)39-2)25(18-33)27(22)26(35)14-13-21(20-10-5-4-6-11-20)15-19-9-7-12-23(34)16-19/h4-7,9-12,15-16,24-26,28,33-35H,3,8,13-14,17-18H2,1-2H3/b21-15-/t24-,25+,26-,28-/m1/s1. The maximum Gasteiger partial charge on any atom is 0.423 e. The maximum atomic E-state index is 13.2. The number of fused-ring (bicyclic) bond motifs is 1. The number of aliphatic hydroxyl groups excluding tert-OH is 2. The minimum Gasteiger partial charge on any atom is -0.508 e. The highest BCUT2D eigenvalue weighted by atomic mass is 16.5. The molecular weight excluding hydrogens is 498 g/mol. The average Bonchev–Trinajstić information content (AvgIpc) is 3.19. The molecule has 4 rings (SSSR count). The lowest BCUT2D eigenvalue weighted by atomic mass is 9.67. The van der Waals surface area contributed by atoms with Crippen molar-refractivity contribution in [2.75, 3.05) is 13.7 Å². The molecule has 1 saturated heterocycles. The second-order valence-electron chi connectivity index (χ2n) is 10.1. The first-order valence-corrected chi connectivity index (χ1v) is 13.3. The molecule has 8 nitrogen and oxygen atoms in total. The number of aromatic hydroxyl groups is 1. The second kappa shape index (κ2) is 12.4. The third kappa shape index (κ3) is 5.82. The predicted octanol–water partition coefficient (Wildman–Crippen LogP) is 4.55. The van der Waals surface area contributed by atoms with Crippen molar-refractivity contribution in [3.63, 3.8) is 0 Å². The number of hydrogen-bond acceptors (Lipinski definition) is 7. The number of carbonyl (C=O) groups excluding carboxylic acids is 3. The first kappa shape index (κ1) is 28.3. The summed E-state index contributed by atoms with van der Waals surface area (Å²) in [7, 11) is 1.11. The van der Waals surface area contributed by atoms with Gasteiger partial charge in [-0.2, -0.15) is 4.90 Å². The van der Waals surface area contributed by atoms with Gasteiger partial charge in [0.2, 0.25) is 11.8 Å². The Hall–Kier alpha value is -3.75. The molecule has 2 aromatic rings. The van der Waals surface area contributed by atoms with E-state index >= 15 is 0 Å². The van der Waals surface area contributed by atoms with Crippen molar-refractivity contribution in [2.45, 2.75) is 45.1 Å². The van der Waals surface area contributed by atoms with Gasteiger partial charge in [-0.15, -0.1) is 0 Å². The molecule has 0 aromatic heterocycles. The van der Waals surface area contributed by atoms with Crippen LogP contribution in [0.2, 0.25) is 0 Å². The monoisotopic (exact) mass is 533 g/mol. The van der Waals surface area contributed by atoms with Gasteiger partial charge in [0.1, 0.15) is 5.75 Å².